The monoisotopic (exact) mass is 281 g/mol. The molecule has 1 aliphatic rings. The van der Waals surface area contributed by atoms with Crippen LogP contribution in [0.15, 0.2) is 47.4 Å². The second-order valence-corrected chi connectivity index (χ2v) is 5.80. The summed E-state index contributed by atoms with van der Waals surface area (Å²) in [5.41, 5.74) is 1.28. The Balaban J connectivity index is 2.01. The van der Waals surface area contributed by atoms with Crippen molar-refractivity contribution in [3.05, 3.63) is 58.9 Å². The predicted octanol–water partition coefficient (Wildman–Crippen LogP) is 3.52. The van der Waals surface area contributed by atoms with Crippen molar-refractivity contribution in [2.75, 3.05) is 4.31 Å². The van der Waals surface area contributed by atoms with Gasteiger partial charge in [-0.2, -0.15) is 4.31 Å². The second-order valence-electron chi connectivity index (χ2n) is 3.99. The molecule has 5 heteroatoms. The standard InChI is InChI=1S/C13H9ClFNOS/c14-10-5-6-12(11(15)7-10)16-8-9-3-1-2-4-13(9)18(16)17/h1-7H,8H2. The van der Waals surface area contributed by atoms with E-state index < -0.39 is 17.2 Å². The summed E-state index contributed by atoms with van der Waals surface area (Å²) in [6, 6.07) is 11.8. The molecule has 2 aromatic carbocycles. The zero-order chi connectivity index (χ0) is 12.7. The van der Waals surface area contributed by atoms with E-state index in [4.69, 9.17) is 11.6 Å². The molecular formula is C13H9ClFNOS. The van der Waals surface area contributed by atoms with Gasteiger partial charge in [-0.25, -0.2) is 4.39 Å². The molecule has 0 aliphatic carbocycles. The quantitative estimate of drug-likeness (QED) is 0.748. The zero-order valence-corrected chi connectivity index (χ0v) is 10.8. The Labute approximate surface area is 112 Å². The highest BCUT2D eigenvalue weighted by molar-refractivity contribution is 7.93. The summed E-state index contributed by atoms with van der Waals surface area (Å²) in [6.45, 7) is 0.446. The minimum Gasteiger partial charge on any atom is -0.588 e. The fourth-order valence-electron chi connectivity index (χ4n) is 1.99. The number of hydrogen-bond acceptors (Lipinski definition) is 2. The third kappa shape index (κ3) is 1.86. The molecule has 3 rings (SSSR count). The first kappa shape index (κ1) is 11.8. The summed E-state index contributed by atoms with van der Waals surface area (Å²) in [5.74, 6) is -0.455. The van der Waals surface area contributed by atoms with Crippen LogP contribution in [-0.4, -0.2) is 4.55 Å². The van der Waals surface area contributed by atoms with Crippen molar-refractivity contribution < 1.29 is 8.94 Å². The van der Waals surface area contributed by atoms with Gasteiger partial charge >= 0.3 is 0 Å². The Morgan fingerprint density at radius 2 is 2.00 bits per heavy atom. The largest absolute Gasteiger partial charge is 0.588 e. The topological polar surface area (TPSA) is 26.3 Å². The van der Waals surface area contributed by atoms with Crippen LogP contribution in [0.5, 0.6) is 0 Å². The molecule has 2 aromatic rings. The number of anilines is 1. The number of fused-ring (bicyclic) bond motifs is 1. The molecule has 1 unspecified atom stereocenters. The van der Waals surface area contributed by atoms with Gasteiger partial charge in [-0.15, -0.1) is 0 Å². The van der Waals surface area contributed by atoms with Crippen molar-refractivity contribution in [1.82, 2.24) is 0 Å². The fraction of sp³-hybridized carbons (Fsp3) is 0.0769. The Morgan fingerprint density at radius 1 is 1.22 bits per heavy atom. The van der Waals surface area contributed by atoms with Crippen molar-refractivity contribution >= 4 is 28.7 Å². The van der Waals surface area contributed by atoms with Crippen LogP contribution in [0.3, 0.4) is 0 Å². The Bertz CT molecular complexity index is 607. The van der Waals surface area contributed by atoms with Gasteiger partial charge in [0.15, 0.2) is 10.7 Å². The summed E-state index contributed by atoms with van der Waals surface area (Å²) >= 11 is 4.36. The van der Waals surface area contributed by atoms with Crippen LogP contribution in [0.4, 0.5) is 10.1 Å². The first-order valence-electron chi connectivity index (χ1n) is 5.39. The molecule has 0 spiro atoms. The molecule has 1 atom stereocenters. The molecule has 0 saturated carbocycles. The molecule has 0 radical (unpaired) electrons. The molecule has 92 valence electrons. The van der Waals surface area contributed by atoms with E-state index in [2.05, 4.69) is 0 Å². The molecule has 2 nitrogen and oxygen atoms in total. The Kier molecular flexibility index (Phi) is 2.93. The van der Waals surface area contributed by atoms with Gasteiger partial charge in [0.25, 0.3) is 0 Å². The van der Waals surface area contributed by atoms with Gasteiger partial charge < -0.3 is 4.55 Å². The predicted molar refractivity (Wildman–Crippen MR) is 70.4 cm³/mol. The van der Waals surface area contributed by atoms with Gasteiger partial charge in [0, 0.05) is 10.6 Å². The minimum absolute atomic E-state index is 0.314. The Hall–Kier alpha value is -1.23. The number of nitrogens with zero attached hydrogens (tertiary/aromatic N) is 1. The van der Waals surface area contributed by atoms with E-state index in [1.165, 1.54) is 10.4 Å². The zero-order valence-electron chi connectivity index (χ0n) is 9.27. The maximum Gasteiger partial charge on any atom is 0.185 e. The number of halogens is 2. The molecule has 1 heterocycles. The maximum absolute atomic E-state index is 13.8. The molecule has 0 N–H and O–H groups in total. The molecular weight excluding hydrogens is 273 g/mol. The van der Waals surface area contributed by atoms with Gasteiger partial charge in [0.05, 0.1) is 6.54 Å². The molecule has 0 amide bonds. The molecule has 18 heavy (non-hydrogen) atoms. The van der Waals surface area contributed by atoms with E-state index in [9.17, 15) is 8.94 Å². The second kappa shape index (κ2) is 4.46. The summed E-state index contributed by atoms with van der Waals surface area (Å²) in [7, 11) is 0. The van der Waals surface area contributed by atoms with Crippen LogP contribution in [0.25, 0.3) is 0 Å². The molecule has 0 bridgehead atoms. The average Bonchev–Trinajstić information content (AvgIpc) is 2.68. The van der Waals surface area contributed by atoms with E-state index >= 15 is 0 Å². The lowest BCUT2D eigenvalue weighted by molar-refractivity contribution is 0.590. The summed E-state index contributed by atoms with van der Waals surface area (Å²) < 4.78 is 27.6. The summed E-state index contributed by atoms with van der Waals surface area (Å²) in [6.07, 6.45) is 0. The van der Waals surface area contributed by atoms with E-state index in [-0.39, 0.29) is 0 Å². The van der Waals surface area contributed by atoms with Gasteiger partial charge in [0.2, 0.25) is 0 Å². The highest BCUT2D eigenvalue weighted by Crippen LogP contribution is 2.36. The SMILES string of the molecule is [O-][S+]1c2ccccc2CN1c1ccc(Cl)cc1F. The van der Waals surface area contributed by atoms with E-state index in [1.807, 2.05) is 18.2 Å². The highest BCUT2D eigenvalue weighted by atomic mass is 35.5. The maximum atomic E-state index is 13.8. The van der Waals surface area contributed by atoms with Gasteiger partial charge in [0.1, 0.15) is 17.0 Å². The van der Waals surface area contributed by atoms with Crippen molar-refractivity contribution in [3.63, 3.8) is 0 Å². The van der Waals surface area contributed by atoms with Crippen molar-refractivity contribution in [2.45, 2.75) is 11.4 Å². The number of rotatable bonds is 1. The first-order chi connectivity index (χ1) is 8.66. The lowest BCUT2D eigenvalue weighted by atomic mass is 10.2. The smallest absolute Gasteiger partial charge is 0.185 e. The lowest BCUT2D eigenvalue weighted by Crippen LogP contribution is -2.24. The van der Waals surface area contributed by atoms with E-state index in [0.29, 0.717) is 17.3 Å². The van der Waals surface area contributed by atoms with Crippen molar-refractivity contribution in [2.24, 2.45) is 0 Å². The Morgan fingerprint density at radius 3 is 2.72 bits per heavy atom. The number of hydrogen-bond donors (Lipinski definition) is 0. The van der Waals surface area contributed by atoms with Crippen LogP contribution in [0.2, 0.25) is 5.02 Å². The summed E-state index contributed by atoms with van der Waals surface area (Å²) in [5, 5.41) is 0.332. The number of benzene rings is 2. The molecule has 0 saturated heterocycles. The third-order valence-electron chi connectivity index (χ3n) is 2.85. The van der Waals surface area contributed by atoms with Gasteiger partial charge in [-0.05, 0) is 24.3 Å². The van der Waals surface area contributed by atoms with Crippen molar-refractivity contribution in [3.8, 4) is 0 Å². The molecule has 0 aromatic heterocycles. The normalized spacial score (nSPS) is 17.9. The van der Waals surface area contributed by atoms with Crippen LogP contribution < -0.4 is 4.31 Å². The minimum atomic E-state index is -1.35. The van der Waals surface area contributed by atoms with Gasteiger partial charge in [-0.3, -0.25) is 0 Å². The summed E-state index contributed by atoms with van der Waals surface area (Å²) in [4.78, 5) is 0.742. The van der Waals surface area contributed by atoms with Crippen LogP contribution >= 0.6 is 11.6 Å². The molecule has 0 fully saturated rings. The average molecular weight is 282 g/mol. The van der Waals surface area contributed by atoms with Crippen molar-refractivity contribution in [1.29, 1.82) is 0 Å². The van der Waals surface area contributed by atoms with E-state index in [0.717, 1.165) is 10.5 Å². The van der Waals surface area contributed by atoms with Crippen LogP contribution in [0.1, 0.15) is 5.56 Å². The lowest BCUT2D eigenvalue weighted by Gasteiger charge is -2.19. The fourth-order valence-corrected chi connectivity index (χ4v) is 3.53. The molecule has 1 aliphatic heterocycles. The van der Waals surface area contributed by atoms with Gasteiger partial charge in [-0.1, -0.05) is 29.8 Å². The first-order valence-corrected chi connectivity index (χ1v) is 6.87. The van der Waals surface area contributed by atoms with Crippen LogP contribution in [-0.2, 0) is 17.9 Å². The third-order valence-corrected chi connectivity index (χ3v) is 4.59. The highest BCUT2D eigenvalue weighted by Gasteiger charge is 2.35. The van der Waals surface area contributed by atoms with Crippen LogP contribution in [0, 0.1) is 5.82 Å². The van der Waals surface area contributed by atoms with E-state index in [1.54, 1.807) is 18.2 Å².